The van der Waals surface area contributed by atoms with E-state index in [0.29, 0.717) is 5.25 Å². The van der Waals surface area contributed by atoms with Crippen LogP contribution in [0, 0.1) is 0 Å². The summed E-state index contributed by atoms with van der Waals surface area (Å²) in [4.78, 5) is 4.12. The Labute approximate surface area is 69.4 Å². The van der Waals surface area contributed by atoms with Gasteiger partial charge in [-0.1, -0.05) is 11.8 Å². The molecule has 1 aromatic heterocycles. The molecule has 0 radical (unpaired) electrons. The molecule has 2 rings (SSSR count). The Morgan fingerprint density at radius 2 is 2.55 bits per heavy atom. The van der Waals surface area contributed by atoms with E-state index < -0.39 is 0 Å². The highest BCUT2D eigenvalue weighted by molar-refractivity contribution is 7.99. The van der Waals surface area contributed by atoms with E-state index in [-0.39, 0.29) is 0 Å². The van der Waals surface area contributed by atoms with Crippen molar-refractivity contribution in [1.29, 1.82) is 0 Å². The van der Waals surface area contributed by atoms with E-state index >= 15 is 0 Å². The predicted molar refractivity (Wildman–Crippen MR) is 43.5 cm³/mol. The third-order valence-corrected chi connectivity index (χ3v) is 2.93. The van der Waals surface area contributed by atoms with E-state index in [9.17, 15) is 0 Å². The van der Waals surface area contributed by atoms with Gasteiger partial charge in [0.15, 0.2) is 5.16 Å². The number of rotatable bonds is 2. The van der Waals surface area contributed by atoms with Crippen molar-refractivity contribution in [2.45, 2.75) is 10.4 Å². The van der Waals surface area contributed by atoms with Gasteiger partial charge in [0.2, 0.25) is 0 Å². The van der Waals surface area contributed by atoms with Gasteiger partial charge in [-0.15, -0.1) is 0 Å². The molecule has 1 fully saturated rings. The van der Waals surface area contributed by atoms with Crippen LogP contribution in [0.1, 0.15) is 0 Å². The minimum Gasteiger partial charge on any atom is -0.314 e. The first-order valence-corrected chi connectivity index (χ1v) is 4.45. The molecule has 0 atom stereocenters. The molecule has 0 aromatic carbocycles. The number of aromatic nitrogens is 3. The fourth-order valence-corrected chi connectivity index (χ4v) is 1.90. The highest BCUT2D eigenvalue weighted by Gasteiger charge is 2.19. The molecule has 0 amide bonds. The van der Waals surface area contributed by atoms with Crippen molar-refractivity contribution in [2.75, 3.05) is 13.1 Å². The Hall–Kier alpha value is -0.550. The monoisotopic (exact) mass is 170 g/mol. The molecule has 1 N–H and O–H groups in total. The van der Waals surface area contributed by atoms with Crippen LogP contribution < -0.4 is 5.32 Å². The number of hydrogen-bond acceptors (Lipinski definition) is 4. The molecule has 0 saturated carbocycles. The van der Waals surface area contributed by atoms with Crippen LogP contribution in [0.2, 0.25) is 0 Å². The van der Waals surface area contributed by atoms with Crippen LogP contribution >= 0.6 is 11.8 Å². The zero-order valence-electron chi connectivity index (χ0n) is 6.32. The van der Waals surface area contributed by atoms with Crippen LogP contribution in [-0.4, -0.2) is 33.1 Å². The van der Waals surface area contributed by atoms with Crippen molar-refractivity contribution in [3.8, 4) is 0 Å². The van der Waals surface area contributed by atoms with Crippen molar-refractivity contribution in [2.24, 2.45) is 7.05 Å². The Bertz CT molecular complexity index is 242. The lowest BCUT2D eigenvalue weighted by molar-refractivity contribution is 0.540. The van der Waals surface area contributed by atoms with Gasteiger partial charge < -0.3 is 5.32 Å². The molecule has 11 heavy (non-hydrogen) atoms. The molecular formula is C6H10N4S. The van der Waals surface area contributed by atoms with E-state index in [4.69, 9.17) is 0 Å². The maximum Gasteiger partial charge on any atom is 0.186 e. The summed E-state index contributed by atoms with van der Waals surface area (Å²) in [6, 6.07) is 0. The average Bonchev–Trinajstić information content (AvgIpc) is 2.27. The Morgan fingerprint density at radius 3 is 3.00 bits per heavy atom. The molecule has 1 aromatic rings. The fourth-order valence-electron chi connectivity index (χ4n) is 0.887. The number of nitrogens with zero attached hydrogens (tertiary/aromatic N) is 3. The van der Waals surface area contributed by atoms with Gasteiger partial charge in [-0.25, -0.2) is 9.67 Å². The highest BCUT2D eigenvalue weighted by Crippen LogP contribution is 2.22. The van der Waals surface area contributed by atoms with Crippen LogP contribution in [0.4, 0.5) is 0 Å². The van der Waals surface area contributed by atoms with Gasteiger partial charge in [0.1, 0.15) is 6.33 Å². The van der Waals surface area contributed by atoms with Gasteiger partial charge in [0.25, 0.3) is 0 Å². The van der Waals surface area contributed by atoms with Gasteiger partial charge in [0, 0.05) is 25.4 Å². The number of nitrogens with one attached hydrogen (secondary N) is 1. The minimum absolute atomic E-state index is 0.692. The maximum atomic E-state index is 4.12. The lowest BCUT2D eigenvalue weighted by atomic mass is 10.3. The second-order valence-corrected chi connectivity index (χ2v) is 3.83. The van der Waals surface area contributed by atoms with E-state index in [1.54, 1.807) is 18.1 Å². The smallest absolute Gasteiger partial charge is 0.186 e. The summed E-state index contributed by atoms with van der Waals surface area (Å²) in [5, 5.41) is 8.91. The van der Waals surface area contributed by atoms with Crippen molar-refractivity contribution in [3.63, 3.8) is 0 Å². The van der Waals surface area contributed by atoms with Gasteiger partial charge in [0.05, 0.1) is 0 Å². The van der Waals surface area contributed by atoms with Crippen molar-refractivity contribution in [3.05, 3.63) is 6.33 Å². The zero-order valence-corrected chi connectivity index (χ0v) is 7.14. The summed E-state index contributed by atoms with van der Waals surface area (Å²) < 4.78 is 1.81. The van der Waals surface area contributed by atoms with Crippen LogP contribution in [0.15, 0.2) is 11.5 Å². The molecule has 5 heteroatoms. The first-order valence-electron chi connectivity index (χ1n) is 3.57. The van der Waals surface area contributed by atoms with Crippen molar-refractivity contribution >= 4 is 11.8 Å². The van der Waals surface area contributed by atoms with Gasteiger partial charge in [-0.3, -0.25) is 0 Å². The summed E-state index contributed by atoms with van der Waals surface area (Å²) in [7, 11) is 1.92. The third-order valence-electron chi connectivity index (χ3n) is 1.69. The topological polar surface area (TPSA) is 42.7 Å². The summed E-state index contributed by atoms with van der Waals surface area (Å²) in [6.45, 7) is 2.19. The number of hydrogen-bond donors (Lipinski definition) is 1. The van der Waals surface area contributed by atoms with Crippen molar-refractivity contribution in [1.82, 2.24) is 20.1 Å². The molecule has 1 aliphatic heterocycles. The average molecular weight is 170 g/mol. The molecule has 4 nitrogen and oxygen atoms in total. The van der Waals surface area contributed by atoms with Crippen molar-refractivity contribution < 1.29 is 0 Å². The second-order valence-electron chi connectivity index (χ2n) is 2.56. The molecule has 1 saturated heterocycles. The maximum absolute atomic E-state index is 4.12. The summed E-state index contributed by atoms with van der Waals surface area (Å²) in [5.41, 5.74) is 0. The quantitative estimate of drug-likeness (QED) is 0.672. The Balaban J connectivity index is 1.99. The van der Waals surface area contributed by atoms with Crippen LogP contribution in [-0.2, 0) is 7.05 Å². The second kappa shape index (κ2) is 2.83. The fraction of sp³-hybridized carbons (Fsp3) is 0.667. The van der Waals surface area contributed by atoms with Crippen LogP contribution in [0.3, 0.4) is 0 Å². The predicted octanol–water partition coefficient (Wildman–Crippen LogP) is -0.121. The molecule has 0 bridgehead atoms. The molecule has 60 valence electrons. The van der Waals surface area contributed by atoms with Gasteiger partial charge in [-0.2, -0.15) is 5.10 Å². The number of aryl methyl sites for hydroxylation is 1. The summed E-state index contributed by atoms with van der Waals surface area (Å²) in [5.74, 6) is 0. The highest BCUT2D eigenvalue weighted by atomic mass is 32.2. The zero-order chi connectivity index (χ0) is 7.68. The third kappa shape index (κ3) is 1.39. The molecule has 2 heterocycles. The summed E-state index contributed by atoms with van der Waals surface area (Å²) in [6.07, 6.45) is 1.59. The largest absolute Gasteiger partial charge is 0.314 e. The van der Waals surface area contributed by atoms with Gasteiger partial charge >= 0.3 is 0 Å². The van der Waals surface area contributed by atoms with E-state index in [1.807, 2.05) is 11.7 Å². The molecular weight excluding hydrogens is 160 g/mol. The molecule has 0 unspecified atom stereocenters. The summed E-state index contributed by atoms with van der Waals surface area (Å²) >= 11 is 1.79. The lowest BCUT2D eigenvalue weighted by Gasteiger charge is -2.25. The minimum atomic E-state index is 0.692. The van der Waals surface area contributed by atoms with Crippen LogP contribution in [0.25, 0.3) is 0 Å². The normalized spacial score (nSPS) is 18.3. The molecule has 1 aliphatic rings. The van der Waals surface area contributed by atoms with E-state index in [0.717, 1.165) is 18.2 Å². The van der Waals surface area contributed by atoms with Gasteiger partial charge in [-0.05, 0) is 0 Å². The first kappa shape index (κ1) is 7.12. The first-order chi connectivity index (χ1) is 5.36. The number of thioether (sulfide) groups is 1. The SMILES string of the molecule is Cn1ncnc1SC1CNC1. The molecule has 0 spiro atoms. The Kier molecular flexibility index (Phi) is 1.83. The van der Waals surface area contributed by atoms with E-state index in [1.165, 1.54) is 0 Å². The standard InChI is InChI=1S/C6H10N4S/c1-10-6(8-4-9-10)11-5-2-7-3-5/h4-5,7H,2-3H2,1H3. The molecule has 0 aliphatic carbocycles. The lowest BCUT2D eigenvalue weighted by Crippen LogP contribution is -2.44. The van der Waals surface area contributed by atoms with Crippen LogP contribution in [0.5, 0.6) is 0 Å². The Morgan fingerprint density at radius 1 is 1.73 bits per heavy atom. The van der Waals surface area contributed by atoms with E-state index in [2.05, 4.69) is 15.4 Å².